The van der Waals surface area contributed by atoms with Crippen LogP contribution in [0.4, 0.5) is 5.88 Å². The Morgan fingerprint density at radius 2 is 1.77 bits per heavy atom. The Balaban J connectivity index is 1.61. The van der Waals surface area contributed by atoms with Crippen molar-refractivity contribution in [3.05, 3.63) is 63.8 Å². The third-order valence-electron chi connectivity index (χ3n) is 5.54. The molecule has 0 bridgehead atoms. The Kier molecular flexibility index (Phi) is 6.06. The van der Waals surface area contributed by atoms with Crippen LogP contribution >= 0.6 is 11.6 Å². The number of carbonyl (C=O) groups excluding carboxylic acids is 2. The molecule has 1 aromatic heterocycles. The average molecular weight is 440 g/mol. The lowest BCUT2D eigenvalue weighted by atomic mass is 9.96. The van der Waals surface area contributed by atoms with Crippen LogP contribution in [-0.2, 0) is 9.59 Å². The number of nitrogens with one attached hydrogen (secondary N) is 1. The Hall–Kier alpha value is -3.16. The van der Waals surface area contributed by atoms with E-state index < -0.39 is 0 Å². The van der Waals surface area contributed by atoms with E-state index in [1.165, 1.54) is 0 Å². The van der Waals surface area contributed by atoms with Crippen molar-refractivity contribution in [1.29, 1.82) is 0 Å². The van der Waals surface area contributed by atoms with Crippen molar-refractivity contribution in [2.45, 2.75) is 12.8 Å². The maximum atomic E-state index is 13.2. The van der Waals surface area contributed by atoms with Gasteiger partial charge in [0.1, 0.15) is 5.58 Å². The molecule has 1 aliphatic rings. The summed E-state index contributed by atoms with van der Waals surface area (Å²) in [5, 5.41) is 3.74. The molecule has 7 nitrogen and oxygen atoms in total. The van der Waals surface area contributed by atoms with Gasteiger partial charge in [-0.3, -0.25) is 24.6 Å². The predicted octanol–water partition coefficient (Wildman–Crippen LogP) is 3.25. The highest BCUT2D eigenvalue weighted by Gasteiger charge is 2.25. The van der Waals surface area contributed by atoms with Crippen LogP contribution in [0, 0.1) is 5.92 Å². The minimum Gasteiger partial charge on any atom is -0.439 e. The lowest BCUT2D eigenvalue weighted by molar-refractivity contribution is -0.123. The van der Waals surface area contributed by atoms with Gasteiger partial charge in [0.15, 0.2) is 0 Å². The van der Waals surface area contributed by atoms with E-state index in [-0.39, 0.29) is 41.2 Å². The topological polar surface area (TPSA) is 106 Å². The fourth-order valence-corrected chi connectivity index (χ4v) is 3.98. The molecule has 0 saturated carbocycles. The molecule has 3 N–H and O–H groups in total. The highest BCUT2D eigenvalue weighted by Crippen LogP contribution is 2.29. The SMILES string of the molecule is NC(=O)C1CCN(CC(=O)Nc2oc3ccccc3c(=O)c2-c2ccc(Cl)cc2)CC1. The fraction of sp³-hybridized carbons (Fsp3) is 0.261. The van der Waals surface area contributed by atoms with E-state index in [4.69, 9.17) is 21.8 Å². The van der Waals surface area contributed by atoms with E-state index in [1.54, 1.807) is 48.5 Å². The number of para-hydroxylation sites is 1. The lowest BCUT2D eigenvalue weighted by Crippen LogP contribution is -2.42. The van der Waals surface area contributed by atoms with Gasteiger partial charge in [-0.25, -0.2) is 0 Å². The number of hydrogen-bond donors (Lipinski definition) is 2. The van der Waals surface area contributed by atoms with Crippen molar-refractivity contribution in [1.82, 2.24) is 4.90 Å². The molecule has 160 valence electrons. The van der Waals surface area contributed by atoms with Crippen LogP contribution in [-0.4, -0.2) is 36.3 Å². The molecule has 0 spiro atoms. The number of amides is 2. The molecule has 1 fully saturated rings. The van der Waals surface area contributed by atoms with Crippen molar-refractivity contribution in [2.75, 3.05) is 25.0 Å². The molecule has 0 unspecified atom stereocenters. The minimum absolute atomic E-state index is 0.100. The fourth-order valence-electron chi connectivity index (χ4n) is 3.85. The molecule has 2 heterocycles. The molecule has 2 aromatic carbocycles. The van der Waals surface area contributed by atoms with Crippen LogP contribution in [0.15, 0.2) is 57.7 Å². The number of primary amides is 1. The van der Waals surface area contributed by atoms with E-state index in [1.807, 2.05) is 4.90 Å². The smallest absolute Gasteiger partial charge is 0.240 e. The van der Waals surface area contributed by atoms with Crippen LogP contribution < -0.4 is 16.5 Å². The number of nitrogens with zero attached hydrogens (tertiary/aromatic N) is 1. The van der Waals surface area contributed by atoms with Gasteiger partial charge in [0.2, 0.25) is 23.1 Å². The maximum Gasteiger partial charge on any atom is 0.240 e. The number of anilines is 1. The van der Waals surface area contributed by atoms with E-state index in [0.717, 1.165) is 0 Å². The van der Waals surface area contributed by atoms with E-state index in [9.17, 15) is 14.4 Å². The first kappa shape index (κ1) is 21.1. The number of carbonyl (C=O) groups is 2. The van der Waals surface area contributed by atoms with Crippen LogP contribution in [0.5, 0.6) is 0 Å². The molecule has 4 rings (SSSR count). The second-order valence-corrected chi connectivity index (χ2v) is 8.08. The quantitative estimate of drug-likeness (QED) is 0.634. The zero-order valence-corrected chi connectivity index (χ0v) is 17.5. The van der Waals surface area contributed by atoms with Gasteiger partial charge in [0.25, 0.3) is 0 Å². The number of piperidine rings is 1. The zero-order chi connectivity index (χ0) is 22.0. The number of benzene rings is 2. The number of nitrogens with two attached hydrogens (primary N) is 1. The van der Waals surface area contributed by atoms with Crippen LogP contribution in [0.25, 0.3) is 22.1 Å². The van der Waals surface area contributed by atoms with E-state index >= 15 is 0 Å². The molecule has 0 radical (unpaired) electrons. The summed E-state index contributed by atoms with van der Waals surface area (Å²) in [6.07, 6.45) is 1.26. The molecule has 2 amide bonds. The second-order valence-electron chi connectivity index (χ2n) is 7.64. The number of likely N-dealkylation sites (tertiary alicyclic amines) is 1. The summed E-state index contributed by atoms with van der Waals surface area (Å²) in [5.41, 5.74) is 6.40. The van der Waals surface area contributed by atoms with Crippen molar-refractivity contribution in [3.63, 3.8) is 0 Å². The van der Waals surface area contributed by atoms with Gasteiger partial charge in [-0.15, -0.1) is 0 Å². The maximum absolute atomic E-state index is 13.2. The summed E-state index contributed by atoms with van der Waals surface area (Å²) in [4.78, 5) is 39.2. The van der Waals surface area contributed by atoms with Gasteiger partial charge in [0.05, 0.1) is 17.5 Å². The first-order valence-electron chi connectivity index (χ1n) is 10.1. The lowest BCUT2D eigenvalue weighted by Gasteiger charge is -2.29. The zero-order valence-electron chi connectivity index (χ0n) is 16.8. The highest BCUT2D eigenvalue weighted by molar-refractivity contribution is 6.30. The van der Waals surface area contributed by atoms with Crippen molar-refractivity contribution < 1.29 is 14.0 Å². The standard InChI is InChI=1S/C23H22ClN3O4/c24-16-7-5-14(6-8-16)20-21(29)17-3-1-2-4-18(17)31-23(20)26-19(28)13-27-11-9-15(10-12-27)22(25)30/h1-8,15H,9-13H2,(H2,25,30)(H,26,28). The molecule has 31 heavy (non-hydrogen) atoms. The number of hydrogen-bond acceptors (Lipinski definition) is 5. The summed E-state index contributed by atoms with van der Waals surface area (Å²) in [5.74, 6) is -0.641. The molecular formula is C23H22ClN3O4. The largest absolute Gasteiger partial charge is 0.439 e. The number of fused-ring (bicyclic) bond motifs is 1. The summed E-state index contributed by atoms with van der Waals surface area (Å²) < 4.78 is 5.92. The van der Waals surface area contributed by atoms with Crippen LogP contribution in [0.1, 0.15) is 12.8 Å². The molecule has 3 aromatic rings. The van der Waals surface area contributed by atoms with Gasteiger partial charge in [-0.1, -0.05) is 35.9 Å². The third-order valence-corrected chi connectivity index (χ3v) is 5.79. The van der Waals surface area contributed by atoms with Crippen molar-refractivity contribution in [3.8, 4) is 11.1 Å². The van der Waals surface area contributed by atoms with Crippen molar-refractivity contribution >= 4 is 40.3 Å². The van der Waals surface area contributed by atoms with Crippen molar-refractivity contribution in [2.24, 2.45) is 11.7 Å². The Morgan fingerprint density at radius 1 is 1.10 bits per heavy atom. The Bertz CT molecular complexity index is 1180. The van der Waals surface area contributed by atoms with Crippen LogP contribution in [0.2, 0.25) is 5.02 Å². The first-order chi connectivity index (χ1) is 14.9. The first-order valence-corrected chi connectivity index (χ1v) is 10.4. The number of halogens is 1. The molecule has 1 saturated heterocycles. The van der Waals surface area contributed by atoms with E-state index in [0.29, 0.717) is 47.5 Å². The summed E-state index contributed by atoms with van der Waals surface area (Å²) in [6.45, 7) is 1.33. The van der Waals surface area contributed by atoms with Gasteiger partial charge < -0.3 is 10.2 Å². The highest BCUT2D eigenvalue weighted by atomic mass is 35.5. The summed E-state index contributed by atoms with van der Waals surface area (Å²) >= 11 is 5.99. The Morgan fingerprint density at radius 3 is 2.45 bits per heavy atom. The van der Waals surface area contributed by atoms with Gasteiger partial charge >= 0.3 is 0 Å². The molecule has 1 aliphatic heterocycles. The third kappa shape index (κ3) is 4.62. The monoisotopic (exact) mass is 439 g/mol. The average Bonchev–Trinajstić information content (AvgIpc) is 2.75. The normalized spacial score (nSPS) is 15.1. The molecule has 8 heteroatoms. The molecule has 0 aliphatic carbocycles. The Labute approximate surface area is 183 Å². The van der Waals surface area contributed by atoms with Gasteiger partial charge in [-0.05, 0) is 55.8 Å². The van der Waals surface area contributed by atoms with E-state index in [2.05, 4.69) is 5.32 Å². The second kappa shape index (κ2) is 8.91. The molecule has 0 atom stereocenters. The predicted molar refractivity (Wildman–Crippen MR) is 120 cm³/mol. The summed E-state index contributed by atoms with van der Waals surface area (Å²) in [7, 11) is 0. The van der Waals surface area contributed by atoms with Gasteiger partial charge in [0, 0.05) is 10.9 Å². The summed E-state index contributed by atoms with van der Waals surface area (Å²) in [6, 6.07) is 13.7. The minimum atomic E-state index is -0.300. The van der Waals surface area contributed by atoms with Crippen LogP contribution in [0.3, 0.4) is 0 Å². The van der Waals surface area contributed by atoms with Gasteiger partial charge in [-0.2, -0.15) is 0 Å². The number of rotatable bonds is 5. The molecular weight excluding hydrogens is 418 g/mol.